The summed E-state index contributed by atoms with van der Waals surface area (Å²) in [5.41, 5.74) is 10.3. The second kappa shape index (κ2) is 7.58. The number of aliphatic imine (C=N–C) groups is 1. The molecule has 1 aromatic carbocycles. The van der Waals surface area contributed by atoms with Gasteiger partial charge in [0.05, 0.1) is 6.54 Å². The van der Waals surface area contributed by atoms with Gasteiger partial charge >= 0.3 is 0 Å². The highest BCUT2D eigenvalue weighted by atomic mass is 127. The summed E-state index contributed by atoms with van der Waals surface area (Å²) in [6.45, 7) is 6.65. The summed E-state index contributed by atoms with van der Waals surface area (Å²) in [7, 11) is 0. The van der Waals surface area contributed by atoms with E-state index in [1.54, 1.807) is 11.3 Å². The number of nitrogens with two attached hydrogens (primary N) is 1. The third-order valence-corrected chi connectivity index (χ3v) is 3.78. The van der Waals surface area contributed by atoms with Gasteiger partial charge in [-0.1, -0.05) is 6.07 Å². The zero-order chi connectivity index (χ0) is 13.8. The van der Waals surface area contributed by atoms with Gasteiger partial charge in [-0.15, -0.1) is 35.3 Å². The molecule has 0 aliphatic carbocycles. The van der Waals surface area contributed by atoms with Crippen LogP contribution in [0.3, 0.4) is 0 Å². The van der Waals surface area contributed by atoms with Crippen molar-refractivity contribution in [3.63, 3.8) is 0 Å². The smallest absolute Gasteiger partial charge is 0.193 e. The molecule has 20 heavy (non-hydrogen) atoms. The van der Waals surface area contributed by atoms with Gasteiger partial charge in [0.2, 0.25) is 0 Å². The molecular formula is C14H19IN4S. The first-order valence-electron chi connectivity index (χ1n) is 6.10. The predicted octanol–water partition coefficient (Wildman–Crippen LogP) is 3.61. The molecule has 6 heteroatoms. The molecule has 0 radical (unpaired) electrons. The highest BCUT2D eigenvalue weighted by Crippen LogP contribution is 2.14. The predicted molar refractivity (Wildman–Crippen MR) is 97.1 cm³/mol. The van der Waals surface area contributed by atoms with Crippen LogP contribution in [0, 0.1) is 20.8 Å². The van der Waals surface area contributed by atoms with E-state index in [9.17, 15) is 0 Å². The molecule has 4 nitrogen and oxygen atoms in total. The lowest BCUT2D eigenvalue weighted by Gasteiger charge is -2.07. The topological polar surface area (TPSA) is 63.3 Å². The average molecular weight is 402 g/mol. The maximum Gasteiger partial charge on any atom is 0.193 e. The van der Waals surface area contributed by atoms with Crippen molar-refractivity contribution in [3.05, 3.63) is 45.4 Å². The van der Waals surface area contributed by atoms with Gasteiger partial charge in [-0.2, -0.15) is 0 Å². The number of halogens is 1. The summed E-state index contributed by atoms with van der Waals surface area (Å²) in [6.07, 6.45) is 0. The quantitative estimate of drug-likeness (QED) is 0.469. The average Bonchev–Trinajstić information content (AvgIpc) is 2.77. The summed E-state index contributed by atoms with van der Waals surface area (Å²) in [4.78, 5) is 8.63. The third kappa shape index (κ3) is 4.75. The highest BCUT2D eigenvalue weighted by molar-refractivity contribution is 14.0. The van der Waals surface area contributed by atoms with Gasteiger partial charge in [0.15, 0.2) is 5.96 Å². The highest BCUT2D eigenvalue weighted by Gasteiger charge is 2.00. The minimum atomic E-state index is 0. The molecule has 108 valence electrons. The van der Waals surface area contributed by atoms with E-state index in [0.29, 0.717) is 12.5 Å². The molecule has 0 aliphatic heterocycles. The lowest BCUT2D eigenvalue weighted by Crippen LogP contribution is -2.22. The number of benzene rings is 1. The molecule has 2 aromatic rings. The third-order valence-electron chi connectivity index (χ3n) is 2.83. The fourth-order valence-electron chi connectivity index (χ4n) is 1.63. The molecule has 0 fully saturated rings. The Morgan fingerprint density at radius 2 is 2.05 bits per heavy atom. The van der Waals surface area contributed by atoms with E-state index in [0.717, 1.165) is 16.4 Å². The van der Waals surface area contributed by atoms with Crippen molar-refractivity contribution in [1.82, 2.24) is 4.98 Å². The van der Waals surface area contributed by atoms with Gasteiger partial charge in [-0.25, -0.2) is 9.98 Å². The SMILES string of the molecule is Cc1csc(CN=C(N)Nc2ccc(C)c(C)c2)n1.I. The molecule has 2 rings (SSSR count). The first-order chi connectivity index (χ1) is 9.04. The monoisotopic (exact) mass is 402 g/mol. The minimum Gasteiger partial charge on any atom is -0.370 e. The van der Waals surface area contributed by atoms with Crippen molar-refractivity contribution in [2.24, 2.45) is 10.7 Å². The second-order valence-corrected chi connectivity index (χ2v) is 5.45. The van der Waals surface area contributed by atoms with Crippen LogP contribution in [0.1, 0.15) is 21.8 Å². The van der Waals surface area contributed by atoms with Gasteiger partial charge in [-0.05, 0) is 44.0 Å². The number of hydrogen-bond donors (Lipinski definition) is 2. The number of aromatic nitrogens is 1. The molecule has 0 unspecified atom stereocenters. The van der Waals surface area contributed by atoms with Crippen LogP contribution < -0.4 is 11.1 Å². The lowest BCUT2D eigenvalue weighted by atomic mass is 10.1. The molecule has 0 atom stereocenters. The fourth-order valence-corrected chi connectivity index (χ4v) is 2.33. The normalized spacial score (nSPS) is 11.1. The van der Waals surface area contributed by atoms with Crippen LogP contribution in [-0.2, 0) is 6.54 Å². The van der Waals surface area contributed by atoms with Crippen LogP contribution in [-0.4, -0.2) is 10.9 Å². The van der Waals surface area contributed by atoms with Gasteiger partial charge in [0.25, 0.3) is 0 Å². The summed E-state index contributed by atoms with van der Waals surface area (Å²) < 4.78 is 0. The first kappa shape index (κ1) is 16.9. The number of thiazole rings is 1. The van der Waals surface area contributed by atoms with E-state index >= 15 is 0 Å². The molecule has 0 saturated heterocycles. The van der Waals surface area contributed by atoms with Crippen molar-refractivity contribution in [3.8, 4) is 0 Å². The Morgan fingerprint density at radius 3 is 2.65 bits per heavy atom. The molecule has 1 aromatic heterocycles. The van der Waals surface area contributed by atoms with Crippen LogP contribution in [0.5, 0.6) is 0 Å². The zero-order valence-electron chi connectivity index (χ0n) is 11.8. The number of aryl methyl sites for hydroxylation is 3. The molecule has 0 aliphatic rings. The van der Waals surface area contributed by atoms with Gasteiger partial charge in [0, 0.05) is 16.8 Å². The van der Waals surface area contributed by atoms with Crippen LogP contribution in [0.25, 0.3) is 0 Å². The largest absolute Gasteiger partial charge is 0.370 e. The van der Waals surface area contributed by atoms with E-state index in [1.165, 1.54) is 11.1 Å². The number of guanidine groups is 1. The maximum absolute atomic E-state index is 5.86. The lowest BCUT2D eigenvalue weighted by molar-refractivity contribution is 1.01. The van der Waals surface area contributed by atoms with Gasteiger partial charge < -0.3 is 11.1 Å². The number of hydrogen-bond acceptors (Lipinski definition) is 3. The van der Waals surface area contributed by atoms with E-state index in [4.69, 9.17) is 5.73 Å². The number of anilines is 1. The van der Waals surface area contributed by atoms with Crippen molar-refractivity contribution in [1.29, 1.82) is 0 Å². The van der Waals surface area contributed by atoms with Crippen molar-refractivity contribution >= 4 is 47.0 Å². The van der Waals surface area contributed by atoms with Crippen LogP contribution >= 0.6 is 35.3 Å². The van der Waals surface area contributed by atoms with Crippen molar-refractivity contribution in [2.45, 2.75) is 27.3 Å². The van der Waals surface area contributed by atoms with Gasteiger partial charge in [-0.3, -0.25) is 0 Å². The second-order valence-electron chi connectivity index (χ2n) is 4.51. The maximum atomic E-state index is 5.86. The van der Waals surface area contributed by atoms with Crippen molar-refractivity contribution < 1.29 is 0 Å². The Morgan fingerprint density at radius 1 is 1.30 bits per heavy atom. The molecule has 0 bridgehead atoms. The Balaban J connectivity index is 0.00000200. The fraction of sp³-hybridized carbons (Fsp3) is 0.286. The van der Waals surface area contributed by atoms with E-state index in [1.807, 2.05) is 18.4 Å². The van der Waals surface area contributed by atoms with Crippen LogP contribution in [0.15, 0.2) is 28.6 Å². The van der Waals surface area contributed by atoms with E-state index in [2.05, 4.69) is 41.3 Å². The Bertz CT molecular complexity index is 607. The van der Waals surface area contributed by atoms with Crippen LogP contribution in [0.4, 0.5) is 5.69 Å². The summed E-state index contributed by atoms with van der Waals surface area (Å²) in [5, 5.41) is 6.08. The van der Waals surface area contributed by atoms with Gasteiger partial charge in [0.1, 0.15) is 5.01 Å². The molecule has 0 saturated carbocycles. The van der Waals surface area contributed by atoms with Crippen LogP contribution in [0.2, 0.25) is 0 Å². The number of nitrogens with zero attached hydrogens (tertiary/aromatic N) is 2. The summed E-state index contributed by atoms with van der Waals surface area (Å²) in [6, 6.07) is 6.12. The zero-order valence-corrected chi connectivity index (χ0v) is 15.0. The Labute approximate surface area is 140 Å². The molecular weight excluding hydrogens is 383 g/mol. The summed E-state index contributed by atoms with van der Waals surface area (Å²) >= 11 is 1.60. The Kier molecular flexibility index (Phi) is 6.41. The van der Waals surface area contributed by atoms with E-state index < -0.39 is 0 Å². The minimum absolute atomic E-state index is 0. The molecule has 0 amide bonds. The number of rotatable bonds is 3. The molecule has 1 heterocycles. The first-order valence-corrected chi connectivity index (χ1v) is 6.98. The molecule has 0 spiro atoms. The molecule has 3 N–H and O–H groups in total. The van der Waals surface area contributed by atoms with E-state index in [-0.39, 0.29) is 24.0 Å². The summed E-state index contributed by atoms with van der Waals surface area (Å²) in [5.74, 6) is 0.413. The standard InChI is InChI=1S/C14H18N4S.HI/c1-9-4-5-12(6-10(9)2)18-14(15)16-7-13-17-11(3)8-19-13;/h4-6,8H,7H2,1-3H3,(H3,15,16,18);1H. The Hall–Kier alpha value is -1.15. The van der Waals surface area contributed by atoms with Crippen molar-refractivity contribution in [2.75, 3.05) is 5.32 Å². The number of nitrogens with one attached hydrogen (secondary N) is 1.